The number of aryl methyl sites for hydroxylation is 1. The second-order valence-electron chi connectivity index (χ2n) is 5.76. The van der Waals surface area contributed by atoms with Gasteiger partial charge in [0.05, 0.1) is 11.9 Å². The number of benzene rings is 2. The van der Waals surface area contributed by atoms with Crippen molar-refractivity contribution in [3.05, 3.63) is 65.9 Å². The van der Waals surface area contributed by atoms with Crippen molar-refractivity contribution in [1.29, 1.82) is 0 Å². The number of rotatable bonds is 4. The molecule has 4 aromatic rings. The highest BCUT2D eigenvalue weighted by Gasteiger charge is 2.18. The van der Waals surface area contributed by atoms with E-state index in [0.717, 1.165) is 28.1 Å². The van der Waals surface area contributed by atoms with Crippen molar-refractivity contribution in [2.24, 2.45) is 7.05 Å². The third-order valence-corrected chi connectivity index (χ3v) is 4.79. The van der Waals surface area contributed by atoms with Gasteiger partial charge in [0.2, 0.25) is 5.82 Å². The number of amides is 1. The Labute approximate surface area is 161 Å². The zero-order chi connectivity index (χ0) is 19.7. The van der Waals surface area contributed by atoms with Crippen molar-refractivity contribution in [3.8, 4) is 21.8 Å². The van der Waals surface area contributed by atoms with E-state index < -0.39 is 23.1 Å². The van der Waals surface area contributed by atoms with Crippen molar-refractivity contribution < 1.29 is 13.6 Å². The number of aromatic nitrogens is 5. The zero-order valence-electron chi connectivity index (χ0n) is 14.4. The van der Waals surface area contributed by atoms with Crippen molar-refractivity contribution in [2.75, 3.05) is 5.32 Å². The fourth-order valence-corrected chi connectivity index (χ4v) is 3.36. The summed E-state index contributed by atoms with van der Waals surface area (Å²) in [6.45, 7) is 0. The van der Waals surface area contributed by atoms with Crippen LogP contribution in [0.2, 0.25) is 0 Å². The van der Waals surface area contributed by atoms with E-state index in [1.165, 1.54) is 22.2 Å². The van der Waals surface area contributed by atoms with Crippen LogP contribution in [-0.4, -0.2) is 31.1 Å². The first-order chi connectivity index (χ1) is 13.5. The summed E-state index contributed by atoms with van der Waals surface area (Å²) >= 11 is 1.18. The van der Waals surface area contributed by atoms with Gasteiger partial charge in [0, 0.05) is 11.8 Å². The molecule has 0 saturated carbocycles. The van der Waals surface area contributed by atoms with Gasteiger partial charge >= 0.3 is 0 Å². The van der Waals surface area contributed by atoms with Crippen LogP contribution < -0.4 is 5.32 Å². The van der Waals surface area contributed by atoms with Crippen LogP contribution in [0.3, 0.4) is 0 Å². The van der Waals surface area contributed by atoms with Gasteiger partial charge < -0.3 is 0 Å². The SMILES string of the molecule is Cn1nnc(-c2cccc(-c3cnc(NC(=O)c4c(F)cccc4F)s3)c2)n1. The number of hydrogen-bond acceptors (Lipinski definition) is 6. The monoisotopic (exact) mass is 398 g/mol. The van der Waals surface area contributed by atoms with E-state index in [0.29, 0.717) is 5.82 Å². The molecule has 0 bridgehead atoms. The maximum Gasteiger partial charge on any atom is 0.263 e. The second kappa shape index (κ2) is 7.24. The van der Waals surface area contributed by atoms with Gasteiger partial charge in [-0.25, -0.2) is 13.8 Å². The van der Waals surface area contributed by atoms with E-state index in [9.17, 15) is 13.6 Å². The summed E-state index contributed by atoms with van der Waals surface area (Å²) in [5.41, 5.74) is 0.966. The molecule has 1 amide bonds. The molecule has 0 radical (unpaired) electrons. The Kier molecular flexibility index (Phi) is 4.62. The fourth-order valence-electron chi connectivity index (χ4n) is 2.55. The van der Waals surface area contributed by atoms with Crippen LogP contribution >= 0.6 is 11.3 Å². The highest BCUT2D eigenvalue weighted by Crippen LogP contribution is 2.31. The van der Waals surface area contributed by atoms with Crippen LogP contribution in [0.15, 0.2) is 48.7 Å². The van der Waals surface area contributed by atoms with Crippen molar-refractivity contribution >= 4 is 22.4 Å². The summed E-state index contributed by atoms with van der Waals surface area (Å²) < 4.78 is 27.5. The largest absolute Gasteiger partial charge is 0.298 e. The molecule has 2 aromatic carbocycles. The summed E-state index contributed by atoms with van der Waals surface area (Å²) in [4.78, 5) is 18.4. The van der Waals surface area contributed by atoms with E-state index in [2.05, 4.69) is 25.7 Å². The van der Waals surface area contributed by atoms with E-state index >= 15 is 0 Å². The maximum atomic E-state index is 13.7. The Morgan fingerprint density at radius 3 is 2.54 bits per heavy atom. The van der Waals surface area contributed by atoms with Crippen LogP contribution in [-0.2, 0) is 7.05 Å². The number of carbonyl (C=O) groups excluding carboxylic acids is 1. The van der Waals surface area contributed by atoms with Gasteiger partial charge in [-0.1, -0.05) is 35.6 Å². The summed E-state index contributed by atoms with van der Waals surface area (Å²) in [7, 11) is 1.68. The zero-order valence-corrected chi connectivity index (χ0v) is 15.2. The van der Waals surface area contributed by atoms with Crippen molar-refractivity contribution in [2.45, 2.75) is 0 Å². The van der Waals surface area contributed by atoms with Crippen molar-refractivity contribution in [1.82, 2.24) is 25.2 Å². The predicted molar refractivity (Wildman–Crippen MR) is 99.7 cm³/mol. The first-order valence-electron chi connectivity index (χ1n) is 8.07. The first-order valence-corrected chi connectivity index (χ1v) is 8.89. The lowest BCUT2D eigenvalue weighted by atomic mass is 10.1. The van der Waals surface area contributed by atoms with Gasteiger partial charge in [-0.05, 0) is 29.0 Å². The van der Waals surface area contributed by atoms with Crippen LogP contribution in [0.4, 0.5) is 13.9 Å². The summed E-state index contributed by atoms with van der Waals surface area (Å²) in [6.07, 6.45) is 1.57. The minimum atomic E-state index is -0.932. The number of nitrogens with zero attached hydrogens (tertiary/aromatic N) is 5. The van der Waals surface area contributed by atoms with Gasteiger partial charge in [0.25, 0.3) is 5.91 Å². The van der Waals surface area contributed by atoms with Crippen LogP contribution in [0.1, 0.15) is 10.4 Å². The third-order valence-electron chi connectivity index (χ3n) is 3.83. The smallest absolute Gasteiger partial charge is 0.263 e. The number of tetrazole rings is 1. The minimum Gasteiger partial charge on any atom is -0.298 e. The Morgan fingerprint density at radius 2 is 1.82 bits per heavy atom. The Bertz CT molecular complexity index is 1150. The van der Waals surface area contributed by atoms with Crippen LogP contribution in [0.5, 0.6) is 0 Å². The topological polar surface area (TPSA) is 85.6 Å². The number of nitrogens with one attached hydrogen (secondary N) is 1. The lowest BCUT2D eigenvalue weighted by Gasteiger charge is -2.04. The standard InChI is InChI=1S/C18H12F2N6OS/c1-26-24-16(23-25-26)11-5-2-4-10(8-11)14-9-21-18(28-14)22-17(27)15-12(19)6-3-7-13(15)20/h2-9H,1H3,(H,21,22,27). The van der Waals surface area contributed by atoms with E-state index in [1.807, 2.05) is 24.3 Å². The summed E-state index contributed by atoms with van der Waals surface area (Å²) in [6, 6.07) is 10.7. The molecule has 2 heterocycles. The maximum absolute atomic E-state index is 13.7. The van der Waals surface area contributed by atoms with Crippen molar-refractivity contribution in [3.63, 3.8) is 0 Å². The molecule has 0 aliphatic heterocycles. The molecule has 0 aliphatic carbocycles. The lowest BCUT2D eigenvalue weighted by Crippen LogP contribution is -2.15. The molecular formula is C18H12F2N6OS. The molecule has 4 rings (SSSR count). The molecule has 0 spiro atoms. The van der Waals surface area contributed by atoms with Gasteiger partial charge in [0.1, 0.15) is 17.2 Å². The summed E-state index contributed by atoms with van der Waals surface area (Å²) in [5, 5.41) is 14.6. The van der Waals surface area contributed by atoms with E-state index in [-0.39, 0.29) is 5.13 Å². The lowest BCUT2D eigenvalue weighted by molar-refractivity contribution is 0.101. The third kappa shape index (κ3) is 3.49. The normalized spacial score (nSPS) is 10.8. The van der Waals surface area contributed by atoms with Gasteiger partial charge in [-0.15, -0.1) is 10.2 Å². The molecular weight excluding hydrogens is 386 g/mol. The number of halogens is 2. The average molecular weight is 398 g/mol. The number of anilines is 1. The number of thiazole rings is 1. The van der Waals surface area contributed by atoms with Gasteiger partial charge in [0.15, 0.2) is 5.13 Å². The molecule has 10 heteroatoms. The van der Waals surface area contributed by atoms with Crippen LogP contribution in [0, 0.1) is 11.6 Å². The highest BCUT2D eigenvalue weighted by atomic mass is 32.1. The van der Waals surface area contributed by atoms with E-state index in [1.54, 1.807) is 13.2 Å². The predicted octanol–water partition coefficient (Wildman–Crippen LogP) is 3.53. The van der Waals surface area contributed by atoms with Crippen LogP contribution in [0.25, 0.3) is 21.8 Å². The number of hydrogen-bond donors (Lipinski definition) is 1. The molecule has 0 aliphatic rings. The Hall–Kier alpha value is -3.53. The molecule has 0 saturated heterocycles. The highest BCUT2D eigenvalue weighted by molar-refractivity contribution is 7.19. The molecule has 140 valence electrons. The van der Waals surface area contributed by atoms with Gasteiger partial charge in [-0.2, -0.15) is 4.80 Å². The quantitative estimate of drug-likeness (QED) is 0.568. The summed E-state index contributed by atoms with van der Waals surface area (Å²) in [5.74, 6) is -2.27. The molecule has 2 aromatic heterocycles. The molecule has 0 fully saturated rings. The molecule has 1 N–H and O–H groups in total. The molecule has 0 unspecified atom stereocenters. The first kappa shape index (κ1) is 17.9. The number of carbonyl (C=O) groups is 1. The molecule has 0 atom stereocenters. The Morgan fingerprint density at radius 1 is 1.11 bits per heavy atom. The Balaban J connectivity index is 1.57. The molecule has 28 heavy (non-hydrogen) atoms. The minimum absolute atomic E-state index is 0.227. The average Bonchev–Trinajstić information content (AvgIpc) is 3.31. The van der Waals surface area contributed by atoms with Gasteiger partial charge in [-0.3, -0.25) is 10.1 Å². The fraction of sp³-hybridized carbons (Fsp3) is 0.0556. The van der Waals surface area contributed by atoms with E-state index in [4.69, 9.17) is 0 Å². The molecule has 7 nitrogen and oxygen atoms in total. The second-order valence-corrected chi connectivity index (χ2v) is 6.79.